The van der Waals surface area contributed by atoms with Gasteiger partial charge in [-0.15, -0.1) is 0 Å². The molecule has 2 aromatic rings. The van der Waals surface area contributed by atoms with Gasteiger partial charge in [-0.25, -0.2) is 0 Å². The van der Waals surface area contributed by atoms with E-state index in [1.165, 1.54) is 0 Å². The molecule has 0 atom stereocenters. The molecule has 0 aliphatic heterocycles. The number of H-pyrrole nitrogens is 2. The Balaban J connectivity index is 3.06. The lowest BCUT2D eigenvalue weighted by Crippen LogP contribution is -1.52. The first-order valence-corrected chi connectivity index (χ1v) is 2.49. The second-order valence-electron chi connectivity index (χ2n) is 1.70. The van der Waals surface area contributed by atoms with E-state index in [-0.39, 0.29) is 0 Å². The molecule has 2 N–H and O–H groups in total. The quantitative estimate of drug-likeness (QED) is 0.506. The number of fused-ring (bicyclic) bond motifs is 1. The number of nitrogens with one attached hydrogen (secondary N) is 2. The van der Waals surface area contributed by atoms with E-state index in [2.05, 4.69) is 16.0 Å². The largest absolute Gasteiger partial charge is 0.359 e. The van der Waals surface area contributed by atoms with Crippen molar-refractivity contribution in [3.05, 3.63) is 24.5 Å². The first kappa shape index (κ1) is 3.78. The maximum atomic E-state index is 3.01. The predicted octanol–water partition coefficient (Wildman–Crippen LogP) is 1.30. The van der Waals surface area contributed by atoms with Crippen molar-refractivity contribution in [2.75, 3.05) is 0 Å². The number of hydrogen-bond acceptors (Lipinski definition) is 0. The van der Waals surface area contributed by atoms with Crippen molar-refractivity contribution in [1.82, 2.24) is 9.97 Å². The van der Waals surface area contributed by atoms with Gasteiger partial charge in [0.1, 0.15) is 0 Å². The Bertz CT molecular complexity index is 228. The van der Waals surface area contributed by atoms with Crippen LogP contribution in [0.4, 0.5) is 0 Å². The summed E-state index contributed by atoms with van der Waals surface area (Å²) in [5.41, 5.74) is 2.16. The van der Waals surface area contributed by atoms with Crippen molar-refractivity contribution in [2.45, 2.75) is 0 Å². The van der Waals surface area contributed by atoms with Crippen LogP contribution in [0.3, 0.4) is 0 Å². The second-order valence-corrected chi connectivity index (χ2v) is 1.70. The van der Waals surface area contributed by atoms with E-state index in [0.29, 0.717) is 0 Å². The molecule has 0 aliphatic carbocycles. The zero-order valence-corrected chi connectivity index (χ0v) is 4.23. The molecule has 2 nitrogen and oxygen atoms in total. The van der Waals surface area contributed by atoms with Crippen molar-refractivity contribution < 1.29 is 0 Å². The minimum absolute atomic E-state index is 1.05. The van der Waals surface area contributed by atoms with Gasteiger partial charge in [0.05, 0.1) is 11.0 Å². The number of aromatic amines is 2. The Morgan fingerprint density at radius 3 is 3.25 bits per heavy atom. The normalized spacial score (nSPS) is 10.5. The van der Waals surface area contributed by atoms with Crippen molar-refractivity contribution in [3.8, 4) is 0 Å². The van der Waals surface area contributed by atoms with Gasteiger partial charge in [-0.3, -0.25) is 0 Å². The van der Waals surface area contributed by atoms with Crippen LogP contribution in [0.1, 0.15) is 0 Å². The fraction of sp³-hybridized carbons (Fsp3) is 0. The second kappa shape index (κ2) is 1.15. The zero-order valence-electron chi connectivity index (χ0n) is 4.23. The molecule has 0 saturated carbocycles. The topological polar surface area (TPSA) is 31.6 Å². The highest BCUT2D eigenvalue weighted by Gasteiger charge is 1.89. The van der Waals surface area contributed by atoms with E-state index in [1.54, 1.807) is 6.20 Å². The first-order chi connectivity index (χ1) is 3.97. The summed E-state index contributed by atoms with van der Waals surface area (Å²) in [5, 5.41) is 0. The molecule has 0 amide bonds. The molecule has 0 saturated heterocycles. The fourth-order valence-electron chi connectivity index (χ4n) is 0.795. The highest BCUT2D eigenvalue weighted by Crippen LogP contribution is 2.05. The number of rotatable bonds is 0. The van der Waals surface area contributed by atoms with Gasteiger partial charge in [0.25, 0.3) is 0 Å². The average Bonchev–Trinajstić information content (AvgIpc) is 2.15. The van der Waals surface area contributed by atoms with Crippen LogP contribution in [0, 0.1) is 6.07 Å². The summed E-state index contributed by atoms with van der Waals surface area (Å²) >= 11 is 0. The van der Waals surface area contributed by atoms with Gasteiger partial charge in [-0.2, -0.15) is 0 Å². The lowest BCUT2D eigenvalue weighted by atomic mass is 10.5. The maximum absolute atomic E-state index is 3.01. The van der Waals surface area contributed by atoms with Gasteiger partial charge in [0.15, 0.2) is 0 Å². The number of aromatic nitrogens is 2. The third-order valence-electron chi connectivity index (χ3n) is 1.19. The van der Waals surface area contributed by atoms with Crippen LogP contribution in [-0.4, -0.2) is 9.97 Å². The van der Waals surface area contributed by atoms with E-state index in [9.17, 15) is 0 Å². The van der Waals surface area contributed by atoms with Crippen molar-refractivity contribution in [3.63, 3.8) is 0 Å². The molecular weight excluding hydrogens is 100 g/mol. The fourth-order valence-corrected chi connectivity index (χ4v) is 0.795. The summed E-state index contributed by atoms with van der Waals surface area (Å²) in [6.07, 6.45) is 3.68. The van der Waals surface area contributed by atoms with Gasteiger partial charge in [0, 0.05) is 18.5 Å². The van der Waals surface area contributed by atoms with Crippen molar-refractivity contribution in [2.24, 2.45) is 0 Å². The number of hydrogen-bond donors (Lipinski definition) is 2. The minimum Gasteiger partial charge on any atom is -0.359 e. The summed E-state index contributed by atoms with van der Waals surface area (Å²) in [5.74, 6) is 0. The SMILES string of the molecule is [c]1c[nH]c2cc[nH]c12. The summed E-state index contributed by atoms with van der Waals surface area (Å²) in [4.78, 5) is 6.03. The van der Waals surface area contributed by atoms with Gasteiger partial charge >= 0.3 is 0 Å². The lowest BCUT2D eigenvalue weighted by Gasteiger charge is -1.67. The summed E-state index contributed by atoms with van der Waals surface area (Å²) in [6.45, 7) is 0. The van der Waals surface area contributed by atoms with Crippen molar-refractivity contribution in [1.29, 1.82) is 0 Å². The Kier molecular flexibility index (Phi) is 0.545. The zero-order chi connectivity index (χ0) is 5.40. The van der Waals surface area contributed by atoms with Gasteiger partial charge in [-0.1, -0.05) is 0 Å². The molecule has 0 unspecified atom stereocenters. The molecule has 2 aromatic heterocycles. The Morgan fingerprint density at radius 2 is 2.38 bits per heavy atom. The van der Waals surface area contributed by atoms with Crippen LogP contribution < -0.4 is 0 Å². The predicted molar refractivity (Wildman–Crippen MR) is 31.5 cm³/mol. The van der Waals surface area contributed by atoms with E-state index in [1.807, 2.05) is 12.3 Å². The summed E-state index contributed by atoms with van der Waals surface area (Å²) < 4.78 is 0. The highest BCUT2D eigenvalue weighted by atomic mass is 14.8. The monoisotopic (exact) mass is 105 g/mol. The average molecular weight is 105 g/mol. The molecule has 8 heavy (non-hydrogen) atoms. The third kappa shape index (κ3) is 0.320. The summed E-state index contributed by atoms with van der Waals surface area (Å²) in [7, 11) is 0. The Morgan fingerprint density at radius 1 is 1.38 bits per heavy atom. The molecule has 0 aliphatic rings. The molecule has 2 rings (SSSR count). The van der Waals surface area contributed by atoms with E-state index in [4.69, 9.17) is 0 Å². The molecule has 39 valence electrons. The first-order valence-electron chi connectivity index (χ1n) is 2.49. The van der Waals surface area contributed by atoms with Crippen LogP contribution in [0.2, 0.25) is 0 Å². The van der Waals surface area contributed by atoms with Gasteiger partial charge < -0.3 is 9.97 Å². The Labute approximate surface area is 46.5 Å². The molecule has 0 aromatic carbocycles. The molecule has 0 fully saturated rings. The van der Waals surface area contributed by atoms with Crippen LogP contribution in [0.25, 0.3) is 11.0 Å². The van der Waals surface area contributed by atoms with E-state index < -0.39 is 0 Å². The third-order valence-corrected chi connectivity index (χ3v) is 1.19. The standard InChI is InChI=1S/C6H5N2/c1-3-7-6-2-4-8-5(1)6/h1,3-4,7-8H. The highest BCUT2D eigenvalue weighted by molar-refractivity contribution is 5.74. The smallest absolute Gasteiger partial charge is 0.0715 e. The van der Waals surface area contributed by atoms with Crippen LogP contribution >= 0.6 is 0 Å². The van der Waals surface area contributed by atoms with Crippen molar-refractivity contribution >= 4 is 11.0 Å². The van der Waals surface area contributed by atoms with Crippen LogP contribution in [0.5, 0.6) is 0 Å². The molecule has 1 radical (unpaired) electrons. The van der Waals surface area contributed by atoms with Crippen LogP contribution in [0.15, 0.2) is 18.5 Å². The maximum Gasteiger partial charge on any atom is 0.0715 e. The molecule has 0 bridgehead atoms. The molecule has 0 spiro atoms. The summed E-state index contributed by atoms with van der Waals surface area (Å²) in [6, 6.07) is 4.97. The molecule has 2 heterocycles. The van der Waals surface area contributed by atoms with Crippen LogP contribution in [-0.2, 0) is 0 Å². The van der Waals surface area contributed by atoms with E-state index in [0.717, 1.165) is 11.0 Å². The molecule has 2 heteroatoms. The lowest BCUT2D eigenvalue weighted by molar-refractivity contribution is 1.46. The molecular formula is C6H5N2. The van der Waals surface area contributed by atoms with Gasteiger partial charge in [0.2, 0.25) is 0 Å². The minimum atomic E-state index is 1.05. The van der Waals surface area contributed by atoms with E-state index >= 15 is 0 Å². The van der Waals surface area contributed by atoms with Gasteiger partial charge in [-0.05, 0) is 6.07 Å². The Hall–Kier alpha value is -1.18.